The van der Waals surface area contributed by atoms with Gasteiger partial charge in [-0.3, -0.25) is 10.1 Å². The van der Waals surface area contributed by atoms with Crippen LogP contribution in [0.25, 0.3) is 10.9 Å². The minimum absolute atomic E-state index is 0.0970. The highest BCUT2D eigenvalue weighted by Gasteiger charge is 2.15. The van der Waals surface area contributed by atoms with Crippen LogP contribution in [-0.2, 0) is 6.54 Å². The molecule has 4 nitrogen and oxygen atoms in total. The number of hydrogen-bond donors (Lipinski definition) is 0. The van der Waals surface area contributed by atoms with Gasteiger partial charge in [-0.05, 0) is 52.0 Å². The molecule has 0 aliphatic carbocycles. The summed E-state index contributed by atoms with van der Waals surface area (Å²) < 4.78 is 2.64. The minimum atomic E-state index is -0.370. The van der Waals surface area contributed by atoms with Crippen molar-refractivity contribution in [1.82, 2.24) is 4.57 Å². The fourth-order valence-electron chi connectivity index (χ4n) is 2.47. The first kappa shape index (κ1) is 13.8. The van der Waals surface area contributed by atoms with Gasteiger partial charge in [0.05, 0.1) is 4.92 Å². The van der Waals surface area contributed by atoms with Gasteiger partial charge < -0.3 is 4.57 Å². The molecular weight excluding hydrogens is 332 g/mol. The van der Waals surface area contributed by atoms with Crippen LogP contribution in [0.5, 0.6) is 0 Å². The lowest BCUT2D eigenvalue weighted by atomic mass is 10.1. The molecule has 0 spiro atoms. The first-order valence-corrected chi connectivity index (χ1v) is 7.33. The fourth-order valence-corrected chi connectivity index (χ4v) is 3.00. The SMILES string of the molecule is Cc1ccc2c(ccn2Cc2cccc([N+](=O)[O-])c2Br)c1. The average Bonchev–Trinajstić information content (AvgIpc) is 2.83. The number of rotatable bonds is 3. The van der Waals surface area contributed by atoms with Crippen molar-refractivity contribution >= 4 is 32.5 Å². The topological polar surface area (TPSA) is 48.1 Å². The summed E-state index contributed by atoms with van der Waals surface area (Å²) in [5.74, 6) is 0. The predicted octanol–water partition coefficient (Wildman–Crippen LogP) is 4.67. The third kappa shape index (κ3) is 2.56. The van der Waals surface area contributed by atoms with E-state index in [2.05, 4.69) is 51.7 Å². The van der Waals surface area contributed by atoms with E-state index in [1.165, 1.54) is 17.0 Å². The number of halogens is 1. The molecule has 0 saturated carbocycles. The molecule has 0 aliphatic rings. The molecular formula is C16H13BrN2O2. The standard InChI is InChI=1S/C16H13BrN2O2/c1-11-5-6-14-12(9-11)7-8-18(14)10-13-3-2-4-15(16(13)17)19(20)21/h2-9H,10H2,1H3. The molecule has 2 aromatic carbocycles. The van der Waals surface area contributed by atoms with Gasteiger partial charge in [-0.1, -0.05) is 23.8 Å². The van der Waals surface area contributed by atoms with Crippen LogP contribution in [0.3, 0.4) is 0 Å². The van der Waals surface area contributed by atoms with Crippen molar-refractivity contribution in [2.45, 2.75) is 13.5 Å². The summed E-state index contributed by atoms with van der Waals surface area (Å²) in [4.78, 5) is 10.6. The highest BCUT2D eigenvalue weighted by molar-refractivity contribution is 9.10. The average molecular weight is 345 g/mol. The second-order valence-electron chi connectivity index (χ2n) is 5.01. The van der Waals surface area contributed by atoms with Gasteiger partial charge in [0.25, 0.3) is 5.69 Å². The van der Waals surface area contributed by atoms with Gasteiger partial charge in [0.1, 0.15) is 4.47 Å². The van der Waals surface area contributed by atoms with E-state index >= 15 is 0 Å². The second-order valence-corrected chi connectivity index (χ2v) is 5.81. The third-order valence-electron chi connectivity index (χ3n) is 3.52. The first-order valence-electron chi connectivity index (χ1n) is 6.53. The summed E-state index contributed by atoms with van der Waals surface area (Å²) in [5, 5.41) is 12.2. The molecule has 0 radical (unpaired) electrons. The number of nitrogens with zero attached hydrogens (tertiary/aromatic N) is 2. The Kier molecular flexibility index (Phi) is 3.51. The van der Waals surface area contributed by atoms with Crippen molar-refractivity contribution in [2.24, 2.45) is 0 Å². The zero-order valence-electron chi connectivity index (χ0n) is 11.4. The largest absolute Gasteiger partial charge is 0.343 e. The molecule has 0 amide bonds. The van der Waals surface area contributed by atoms with E-state index in [0.29, 0.717) is 11.0 Å². The highest BCUT2D eigenvalue weighted by Crippen LogP contribution is 2.29. The van der Waals surface area contributed by atoms with Crippen LogP contribution in [0.1, 0.15) is 11.1 Å². The van der Waals surface area contributed by atoms with Crippen molar-refractivity contribution in [3.63, 3.8) is 0 Å². The number of nitro benzene ring substituents is 1. The maximum atomic E-state index is 11.0. The van der Waals surface area contributed by atoms with Gasteiger partial charge in [0.15, 0.2) is 0 Å². The van der Waals surface area contributed by atoms with E-state index in [9.17, 15) is 10.1 Å². The van der Waals surface area contributed by atoms with Gasteiger partial charge in [0, 0.05) is 24.3 Å². The van der Waals surface area contributed by atoms with Gasteiger partial charge in [0.2, 0.25) is 0 Å². The summed E-state index contributed by atoms with van der Waals surface area (Å²) in [6.45, 7) is 2.66. The lowest BCUT2D eigenvalue weighted by molar-refractivity contribution is -0.385. The lowest BCUT2D eigenvalue weighted by Crippen LogP contribution is -2.00. The Labute approximate surface area is 130 Å². The smallest absolute Gasteiger partial charge is 0.283 e. The summed E-state index contributed by atoms with van der Waals surface area (Å²) in [6.07, 6.45) is 2.01. The van der Waals surface area contributed by atoms with Gasteiger partial charge in [-0.25, -0.2) is 0 Å². The minimum Gasteiger partial charge on any atom is -0.343 e. The quantitative estimate of drug-likeness (QED) is 0.512. The molecule has 0 unspecified atom stereocenters. The zero-order chi connectivity index (χ0) is 15.0. The maximum absolute atomic E-state index is 11.0. The number of aromatic nitrogens is 1. The Morgan fingerprint density at radius 3 is 2.81 bits per heavy atom. The van der Waals surface area contributed by atoms with Crippen LogP contribution in [0.2, 0.25) is 0 Å². The number of fused-ring (bicyclic) bond motifs is 1. The van der Waals surface area contributed by atoms with E-state index in [0.717, 1.165) is 11.1 Å². The number of benzene rings is 2. The van der Waals surface area contributed by atoms with E-state index in [-0.39, 0.29) is 10.6 Å². The molecule has 21 heavy (non-hydrogen) atoms. The van der Waals surface area contributed by atoms with Crippen molar-refractivity contribution in [3.8, 4) is 0 Å². The Morgan fingerprint density at radius 2 is 2.05 bits per heavy atom. The normalized spacial score (nSPS) is 11.0. The number of hydrogen-bond acceptors (Lipinski definition) is 2. The van der Waals surface area contributed by atoms with Crippen molar-refractivity contribution in [2.75, 3.05) is 0 Å². The highest BCUT2D eigenvalue weighted by atomic mass is 79.9. The molecule has 0 N–H and O–H groups in total. The molecule has 0 aliphatic heterocycles. The van der Waals surface area contributed by atoms with Crippen LogP contribution in [0, 0.1) is 17.0 Å². The number of aryl methyl sites for hydroxylation is 1. The Morgan fingerprint density at radius 1 is 1.24 bits per heavy atom. The van der Waals surface area contributed by atoms with Gasteiger partial charge in [-0.2, -0.15) is 0 Å². The molecule has 0 atom stereocenters. The van der Waals surface area contributed by atoms with Gasteiger partial charge >= 0.3 is 0 Å². The molecule has 106 valence electrons. The molecule has 0 fully saturated rings. The lowest BCUT2D eigenvalue weighted by Gasteiger charge is -2.08. The third-order valence-corrected chi connectivity index (χ3v) is 4.44. The zero-order valence-corrected chi connectivity index (χ0v) is 13.0. The van der Waals surface area contributed by atoms with E-state index in [4.69, 9.17) is 0 Å². The fraction of sp³-hybridized carbons (Fsp3) is 0.125. The van der Waals surface area contributed by atoms with Crippen LogP contribution in [0.4, 0.5) is 5.69 Å². The number of nitro groups is 1. The van der Waals surface area contributed by atoms with Gasteiger partial charge in [-0.15, -0.1) is 0 Å². The molecule has 3 aromatic rings. The predicted molar refractivity (Wildman–Crippen MR) is 86.6 cm³/mol. The molecule has 5 heteroatoms. The molecule has 1 aromatic heterocycles. The van der Waals surface area contributed by atoms with Crippen LogP contribution in [-0.4, -0.2) is 9.49 Å². The van der Waals surface area contributed by atoms with Crippen molar-refractivity contribution in [3.05, 3.63) is 74.4 Å². The second kappa shape index (κ2) is 5.33. The molecule has 0 saturated heterocycles. The molecule has 1 heterocycles. The van der Waals surface area contributed by atoms with Crippen LogP contribution in [0.15, 0.2) is 53.1 Å². The Balaban J connectivity index is 2.03. The van der Waals surface area contributed by atoms with E-state index < -0.39 is 0 Å². The monoisotopic (exact) mass is 344 g/mol. The van der Waals surface area contributed by atoms with Crippen molar-refractivity contribution < 1.29 is 4.92 Å². The summed E-state index contributed by atoms with van der Waals surface area (Å²) in [5.41, 5.74) is 3.33. The van der Waals surface area contributed by atoms with Crippen LogP contribution < -0.4 is 0 Å². The van der Waals surface area contributed by atoms with E-state index in [1.54, 1.807) is 6.07 Å². The maximum Gasteiger partial charge on any atom is 0.283 e. The Bertz CT molecular complexity index is 839. The molecule has 0 bridgehead atoms. The molecule has 3 rings (SSSR count). The Hall–Kier alpha value is -2.14. The van der Waals surface area contributed by atoms with Crippen molar-refractivity contribution in [1.29, 1.82) is 0 Å². The van der Waals surface area contributed by atoms with E-state index in [1.807, 2.05) is 12.3 Å². The summed E-state index contributed by atoms with van der Waals surface area (Å²) in [6, 6.07) is 13.5. The van der Waals surface area contributed by atoms with Crippen LogP contribution >= 0.6 is 15.9 Å². The first-order chi connectivity index (χ1) is 10.1. The summed E-state index contributed by atoms with van der Waals surface area (Å²) >= 11 is 3.35. The summed E-state index contributed by atoms with van der Waals surface area (Å²) in [7, 11) is 0.